The Hall–Kier alpha value is -2.82. The first kappa shape index (κ1) is 19.2. The lowest BCUT2D eigenvalue weighted by Crippen LogP contribution is -2.05. The number of aryl methyl sites for hydroxylation is 1. The van der Waals surface area contributed by atoms with Crippen molar-refractivity contribution in [3.63, 3.8) is 0 Å². The highest BCUT2D eigenvalue weighted by molar-refractivity contribution is 6.11. The highest BCUT2D eigenvalue weighted by Gasteiger charge is 2.20. The number of nitro benzene ring substituents is 1. The van der Waals surface area contributed by atoms with Gasteiger partial charge in [0.1, 0.15) is 11.3 Å². The molecule has 0 atom stereocenters. The van der Waals surface area contributed by atoms with Crippen LogP contribution in [0.1, 0.15) is 48.2 Å². The van der Waals surface area contributed by atoms with Gasteiger partial charge in [-0.05, 0) is 18.6 Å². The average molecular weight is 327 g/mol. The number of carbonyl (C=O) groups excluding carboxylic acids is 2. The van der Waals surface area contributed by atoms with Gasteiger partial charge in [0.15, 0.2) is 5.78 Å². The summed E-state index contributed by atoms with van der Waals surface area (Å²) in [5.74, 6) is 0.0148. The predicted molar refractivity (Wildman–Crippen MR) is 93.3 cm³/mol. The molecular formula is C19H21NO4. The van der Waals surface area contributed by atoms with Crippen LogP contribution in [0.4, 0.5) is 5.69 Å². The molecule has 0 heterocycles. The van der Waals surface area contributed by atoms with Gasteiger partial charge in [0, 0.05) is 24.5 Å². The first-order valence-electron chi connectivity index (χ1n) is 7.77. The molecule has 126 valence electrons. The third-order valence-electron chi connectivity index (χ3n) is 3.42. The lowest BCUT2D eigenvalue weighted by Gasteiger charge is -2.03. The summed E-state index contributed by atoms with van der Waals surface area (Å²) in [4.78, 5) is 32.8. The summed E-state index contributed by atoms with van der Waals surface area (Å²) in [7, 11) is 0. The van der Waals surface area contributed by atoms with Crippen LogP contribution < -0.4 is 0 Å². The summed E-state index contributed by atoms with van der Waals surface area (Å²) in [6, 6.07) is 13.1. The number of nitro groups is 1. The maximum absolute atomic E-state index is 12.2. The summed E-state index contributed by atoms with van der Waals surface area (Å²) in [5.41, 5.74) is 1.24. The first-order chi connectivity index (χ1) is 11.4. The first-order valence-corrected chi connectivity index (χ1v) is 7.77. The molecule has 0 fully saturated rings. The zero-order chi connectivity index (χ0) is 18.1. The number of hydrogen-bond acceptors (Lipinski definition) is 4. The molecule has 0 unspecified atom stereocenters. The van der Waals surface area contributed by atoms with Crippen LogP contribution in [0, 0.1) is 17.0 Å². The van der Waals surface area contributed by atoms with Gasteiger partial charge in [-0.2, -0.15) is 0 Å². The molecular weight excluding hydrogens is 306 g/mol. The molecule has 0 bridgehead atoms. The molecule has 0 saturated heterocycles. The quantitative estimate of drug-likeness (QED) is 0.460. The Kier molecular flexibility index (Phi) is 7.49. The molecule has 0 aliphatic heterocycles. The van der Waals surface area contributed by atoms with E-state index in [2.05, 4.69) is 0 Å². The normalized spacial score (nSPS) is 9.62. The number of Topliss-reactive ketones (excluding diaryl/α,β-unsaturated/α-hetero) is 1. The van der Waals surface area contributed by atoms with Gasteiger partial charge in [-0.25, -0.2) is 0 Å². The van der Waals surface area contributed by atoms with E-state index < -0.39 is 4.92 Å². The fraction of sp³-hybridized carbons (Fsp3) is 0.263. The van der Waals surface area contributed by atoms with E-state index in [4.69, 9.17) is 0 Å². The fourth-order valence-corrected chi connectivity index (χ4v) is 1.99. The standard InChI is InChI=1S/C14H11NO3.C5H10O/c1-10-7-8-13(15(17)18)12(9-10)14(16)11-5-3-2-4-6-11;1-3-5(6)4-2/h2-9H,1H3;3-4H2,1-2H3. The molecule has 0 N–H and O–H groups in total. The molecule has 0 amide bonds. The molecule has 5 nitrogen and oxygen atoms in total. The van der Waals surface area contributed by atoms with Gasteiger partial charge in [0.2, 0.25) is 0 Å². The third-order valence-corrected chi connectivity index (χ3v) is 3.42. The second-order valence-electron chi connectivity index (χ2n) is 5.22. The lowest BCUT2D eigenvalue weighted by molar-refractivity contribution is -0.385. The van der Waals surface area contributed by atoms with Gasteiger partial charge in [0.05, 0.1) is 4.92 Å². The van der Waals surface area contributed by atoms with Gasteiger partial charge < -0.3 is 0 Å². The molecule has 0 aliphatic carbocycles. The van der Waals surface area contributed by atoms with Gasteiger partial charge in [0.25, 0.3) is 5.69 Å². The van der Waals surface area contributed by atoms with Crippen LogP contribution in [-0.2, 0) is 4.79 Å². The van der Waals surface area contributed by atoms with Crippen molar-refractivity contribution in [1.82, 2.24) is 0 Å². The zero-order valence-corrected chi connectivity index (χ0v) is 14.1. The lowest BCUT2D eigenvalue weighted by atomic mass is 10.00. The molecule has 0 aliphatic rings. The van der Waals surface area contributed by atoms with Gasteiger partial charge >= 0.3 is 0 Å². The van der Waals surface area contributed by atoms with Gasteiger partial charge in [-0.3, -0.25) is 19.7 Å². The largest absolute Gasteiger partial charge is 0.300 e. The zero-order valence-electron chi connectivity index (χ0n) is 14.1. The second-order valence-corrected chi connectivity index (χ2v) is 5.22. The minimum absolute atomic E-state index is 0.131. The van der Waals surface area contributed by atoms with Crippen molar-refractivity contribution >= 4 is 17.3 Å². The van der Waals surface area contributed by atoms with Crippen molar-refractivity contribution in [2.75, 3.05) is 0 Å². The van der Waals surface area contributed by atoms with E-state index in [9.17, 15) is 19.7 Å². The Labute approximate surface area is 141 Å². The van der Waals surface area contributed by atoms with Gasteiger partial charge in [-0.1, -0.05) is 50.2 Å². The fourth-order valence-electron chi connectivity index (χ4n) is 1.99. The summed E-state index contributed by atoms with van der Waals surface area (Å²) in [6.45, 7) is 5.56. The minimum atomic E-state index is -0.532. The smallest absolute Gasteiger partial charge is 0.280 e. The van der Waals surface area contributed by atoms with E-state index in [1.807, 2.05) is 13.8 Å². The molecule has 2 aromatic carbocycles. The van der Waals surface area contributed by atoms with E-state index in [1.54, 1.807) is 49.4 Å². The average Bonchev–Trinajstić information content (AvgIpc) is 2.61. The molecule has 0 radical (unpaired) electrons. The molecule has 0 aromatic heterocycles. The maximum atomic E-state index is 12.2. The Morgan fingerprint density at radius 3 is 2.04 bits per heavy atom. The topological polar surface area (TPSA) is 77.3 Å². The number of rotatable bonds is 5. The maximum Gasteiger partial charge on any atom is 0.280 e. The van der Waals surface area contributed by atoms with E-state index in [-0.39, 0.29) is 17.0 Å². The number of benzene rings is 2. The monoisotopic (exact) mass is 327 g/mol. The summed E-state index contributed by atoms with van der Waals surface area (Å²) in [5, 5.41) is 10.9. The highest BCUT2D eigenvalue weighted by atomic mass is 16.6. The Morgan fingerprint density at radius 2 is 1.58 bits per heavy atom. The van der Waals surface area contributed by atoms with Crippen LogP contribution in [0.25, 0.3) is 0 Å². The van der Waals surface area contributed by atoms with E-state index in [0.717, 1.165) is 5.56 Å². The summed E-state index contributed by atoms with van der Waals surface area (Å²) in [6.07, 6.45) is 1.38. The van der Waals surface area contributed by atoms with Crippen LogP contribution in [0.3, 0.4) is 0 Å². The molecule has 2 rings (SSSR count). The Bertz CT molecular complexity index is 717. The van der Waals surface area contributed by atoms with E-state index in [0.29, 0.717) is 24.2 Å². The minimum Gasteiger partial charge on any atom is -0.300 e. The van der Waals surface area contributed by atoms with Crippen molar-refractivity contribution in [2.45, 2.75) is 33.6 Å². The SMILES string of the molecule is CCC(=O)CC.Cc1ccc([N+](=O)[O-])c(C(=O)c2ccccc2)c1. The Morgan fingerprint density at radius 1 is 1.00 bits per heavy atom. The van der Waals surface area contributed by atoms with Crippen molar-refractivity contribution in [3.8, 4) is 0 Å². The predicted octanol–water partition coefficient (Wildman–Crippen LogP) is 4.51. The van der Waals surface area contributed by atoms with E-state index in [1.165, 1.54) is 6.07 Å². The van der Waals surface area contributed by atoms with Crippen molar-refractivity contribution in [3.05, 3.63) is 75.3 Å². The third kappa shape index (κ3) is 5.43. The number of hydrogen-bond donors (Lipinski definition) is 0. The highest BCUT2D eigenvalue weighted by Crippen LogP contribution is 2.22. The van der Waals surface area contributed by atoms with Crippen LogP contribution in [-0.4, -0.2) is 16.5 Å². The van der Waals surface area contributed by atoms with Crippen LogP contribution in [0.5, 0.6) is 0 Å². The summed E-state index contributed by atoms with van der Waals surface area (Å²) >= 11 is 0. The molecule has 5 heteroatoms. The van der Waals surface area contributed by atoms with Crippen LogP contribution in [0.2, 0.25) is 0 Å². The van der Waals surface area contributed by atoms with Crippen molar-refractivity contribution in [1.29, 1.82) is 0 Å². The molecule has 24 heavy (non-hydrogen) atoms. The molecule has 2 aromatic rings. The number of ketones is 2. The van der Waals surface area contributed by atoms with Crippen LogP contribution in [0.15, 0.2) is 48.5 Å². The van der Waals surface area contributed by atoms with Crippen molar-refractivity contribution in [2.24, 2.45) is 0 Å². The van der Waals surface area contributed by atoms with Crippen molar-refractivity contribution < 1.29 is 14.5 Å². The van der Waals surface area contributed by atoms with Crippen LogP contribution >= 0.6 is 0 Å². The second kappa shape index (κ2) is 9.35. The number of nitrogens with zero attached hydrogens (tertiary/aromatic N) is 1. The molecule has 0 saturated carbocycles. The Balaban J connectivity index is 0.000000413. The number of carbonyl (C=O) groups is 2. The van der Waals surface area contributed by atoms with E-state index >= 15 is 0 Å². The van der Waals surface area contributed by atoms with Gasteiger partial charge in [-0.15, -0.1) is 0 Å². The molecule has 0 spiro atoms. The summed E-state index contributed by atoms with van der Waals surface area (Å²) < 4.78 is 0.